The number of hydrogen-bond donors (Lipinski definition) is 3. The summed E-state index contributed by atoms with van der Waals surface area (Å²) in [5.41, 5.74) is 0.657. The van der Waals surface area contributed by atoms with Gasteiger partial charge in [-0.2, -0.15) is 13.2 Å². The normalized spacial score (nSPS) is 12.1. The molecule has 0 bridgehead atoms. The predicted octanol–water partition coefficient (Wildman–Crippen LogP) is 4.79. The van der Waals surface area contributed by atoms with Gasteiger partial charge in [0.25, 0.3) is 5.91 Å². The first-order valence-corrected chi connectivity index (χ1v) is 10.9. The van der Waals surface area contributed by atoms with Crippen molar-refractivity contribution < 1.29 is 37.1 Å². The fraction of sp³-hybridized carbons (Fsp3) is 0.192. The number of imide groups is 1. The van der Waals surface area contributed by atoms with Crippen molar-refractivity contribution in [3.05, 3.63) is 95.3 Å². The van der Waals surface area contributed by atoms with E-state index in [4.69, 9.17) is 0 Å². The van der Waals surface area contributed by atoms with Crippen LogP contribution in [0.5, 0.6) is 0 Å². The number of carboxylic acid groups (broad SMARTS) is 1. The third kappa shape index (κ3) is 7.22. The number of hydrogen-bond acceptors (Lipinski definition) is 4. The highest BCUT2D eigenvalue weighted by atomic mass is 19.4. The average Bonchev–Trinajstić information content (AvgIpc) is 2.84. The highest BCUT2D eigenvalue weighted by Crippen LogP contribution is 2.31. The molecule has 0 unspecified atom stereocenters. The minimum absolute atomic E-state index is 0.0218. The number of aliphatic carboxylic acids is 1. The summed E-state index contributed by atoms with van der Waals surface area (Å²) in [6, 6.07) is 17.1. The van der Waals surface area contributed by atoms with Crippen molar-refractivity contribution in [3.8, 4) is 11.1 Å². The van der Waals surface area contributed by atoms with Gasteiger partial charge in [0.15, 0.2) is 0 Å². The van der Waals surface area contributed by atoms with E-state index < -0.39 is 41.4 Å². The number of carbonyl (C=O) groups excluding carboxylic acids is 2. The van der Waals surface area contributed by atoms with Gasteiger partial charge in [0.05, 0.1) is 5.56 Å². The smallest absolute Gasteiger partial charge is 0.419 e. The van der Waals surface area contributed by atoms with Crippen LogP contribution in [-0.4, -0.2) is 28.9 Å². The number of amides is 2. The zero-order valence-electron chi connectivity index (χ0n) is 18.8. The van der Waals surface area contributed by atoms with Crippen LogP contribution >= 0.6 is 0 Å². The first kappa shape index (κ1) is 26.6. The van der Waals surface area contributed by atoms with E-state index in [1.165, 1.54) is 0 Å². The molecule has 0 radical (unpaired) electrons. The van der Waals surface area contributed by atoms with Crippen LogP contribution in [0.25, 0.3) is 11.1 Å². The molecule has 0 aliphatic carbocycles. The van der Waals surface area contributed by atoms with Gasteiger partial charge in [0, 0.05) is 18.5 Å². The Labute approximate surface area is 204 Å². The molecule has 10 heteroatoms. The summed E-state index contributed by atoms with van der Waals surface area (Å²) in [4.78, 5) is 36.0. The first-order chi connectivity index (χ1) is 17.0. The summed E-state index contributed by atoms with van der Waals surface area (Å²) in [6.07, 6.45) is -5.44. The molecule has 0 heterocycles. The molecule has 0 saturated heterocycles. The fourth-order valence-corrected chi connectivity index (χ4v) is 3.43. The zero-order valence-corrected chi connectivity index (χ0v) is 18.8. The van der Waals surface area contributed by atoms with Gasteiger partial charge in [0.1, 0.15) is 11.9 Å². The Bertz CT molecular complexity index is 1230. The molecule has 188 valence electrons. The molecule has 3 N–H and O–H groups in total. The van der Waals surface area contributed by atoms with Crippen molar-refractivity contribution in [1.82, 2.24) is 10.6 Å². The van der Waals surface area contributed by atoms with E-state index in [1.807, 2.05) is 30.3 Å². The Morgan fingerprint density at radius 3 is 2.14 bits per heavy atom. The second-order valence-corrected chi connectivity index (χ2v) is 7.94. The molecule has 2 amide bonds. The number of rotatable bonds is 9. The van der Waals surface area contributed by atoms with E-state index in [0.29, 0.717) is 12.1 Å². The standard InChI is InChI=1S/C26H22F4N2O4/c27-21-11-6-16(14-20(21)26(28,29)30)15-31-22(25(35)36)12-13-23(33)32-24(34)19-9-7-18(8-10-19)17-4-2-1-3-5-17/h1-11,14,22,31H,12-13,15H2,(H,35,36)(H,32,33,34)/t22-/m0/s1. The van der Waals surface area contributed by atoms with Crippen LogP contribution in [0.2, 0.25) is 0 Å². The third-order valence-corrected chi connectivity index (χ3v) is 5.35. The van der Waals surface area contributed by atoms with Crippen molar-refractivity contribution in [2.75, 3.05) is 0 Å². The van der Waals surface area contributed by atoms with Gasteiger partial charge in [-0.15, -0.1) is 0 Å². The van der Waals surface area contributed by atoms with Gasteiger partial charge < -0.3 is 10.4 Å². The Hall–Kier alpha value is -4.05. The third-order valence-electron chi connectivity index (χ3n) is 5.35. The molecular formula is C26H22F4N2O4. The molecule has 3 aromatic rings. The molecule has 0 spiro atoms. The van der Waals surface area contributed by atoms with E-state index in [9.17, 15) is 37.1 Å². The number of benzene rings is 3. The molecule has 0 aromatic heterocycles. The van der Waals surface area contributed by atoms with Crippen LogP contribution in [0, 0.1) is 5.82 Å². The SMILES string of the molecule is O=C(CC[C@H](NCc1ccc(F)c(C(F)(F)F)c1)C(=O)O)NC(=O)c1ccc(-c2ccccc2)cc1. The second-order valence-electron chi connectivity index (χ2n) is 7.94. The number of carboxylic acids is 1. The van der Waals surface area contributed by atoms with Gasteiger partial charge in [-0.1, -0.05) is 48.5 Å². The predicted molar refractivity (Wildman–Crippen MR) is 123 cm³/mol. The van der Waals surface area contributed by atoms with Gasteiger partial charge in [0.2, 0.25) is 5.91 Å². The van der Waals surface area contributed by atoms with Crippen molar-refractivity contribution in [1.29, 1.82) is 0 Å². The molecule has 36 heavy (non-hydrogen) atoms. The topological polar surface area (TPSA) is 95.5 Å². The highest BCUT2D eigenvalue weighted by Gasteiger charge is 2.34. The average molecular weight is 502 g/mol. The molecule has 0 aliphatic rings. The second kappa shape index (κ2) is 11.6. The Balaban J connectivity index is 1.53. The summed E-state index contributed by atoms with van der Waals surface area (Å²) in [5, 5.41) is 14.1. The minimum Gasteiger partial charge on any atom is -0.480 e. The lowest BCUT2D eigenvalue weighted by molar-refractivity contribution is -0.141. The summed E-state index contributed by atoms with van der Waals surface area (Å²) in [6.45, 7) is -0.297. The highest BCUT2D eigenvalue weighted by molar-refractivity contribution is 6.04. The maximum absolute atomic E-state index is 13.4. The summed E-state index contributed by atoms with van der Waals surface area (Å²) >= 11 is 0. The van der Waals surface area contributed by atoms with Crippen LogP contribution < -0.4 is 10.6 Å². The molecular weight excluding hydrogens is 480 g/mol. The zero-order chi connectivity index (χ0) is 26.3. The van der Waals surface area contributed by atoms with Crippen molar-refractivity contribution in [2.24, 2.45) is 0 Å². The van der Waals surface area contributed by atoms with E-state index in [1.54, 1.807) is 24.3 Å². The molecule has 0 saturated carbocycles. The van der Waals surface area contributed by atoms with Crippen LogP contribution in [0.4, 0.5) is 17.6 Å². The lowest BCUT2D eigenvalue weighted by Gasteiger charge is -2.15. The van der Waals surface area contributed by atoms with E-state index in [-0.39, 0.29) is 30.5 Å². The summed E-state index contributed by atoms with van der Waals surface area (Å²) < 4.78 is 52.0. The maximum atomic E-state index is 13.4. The molecule has 1 atom stereocenters. The fourth-order valence-electron chi connectivity index (χ4n) is 3.43. The van der Waals surface area contributed by atoms with Gasteiger partial charge in [-0.25, -0.2) is 4.39 Å². The van der Waals surface area contributed by atoms with E-state index >= 15 is 0 Å². The van der Waals surface area contributed by atoms with Gasteiger partial charge >= 0.3 is 12.1 Å². The Kier molecular flexibility index (Phi) is 8.55. The molecule has 6 nitrogen and oxygen atoms in total. The van der Waals surface area contributed by atoms with Crippen molar-refractivity contribution in [3.63, 3.8) is 0 Å². The largest absolute Gasteiger partial charge is 0.480 e. The minimum atomic E-state index is -4.89. The number of halogens is 4. The molecule has 0 aliphatic heterocycles. The summed E-state index contributed by atoms with van der Waals surface area (Å²) in [5.74, 6) is -4.12. The first-order valence-electron chi connectivity index (χ1n) is 10.9. The van der Waals surface area contributed by atoms with Gasteiger partial charge in [-0.05, 0) is 47.4 Å². The molecule has 3 aromatic carbocycles. The maximum Gasteiger partial charge on any atom is 0.419 e. The Morgan fingerprint density at radius 1 is 0.889 bits per heavy atom. The van der Waals surface area contributed by atoms with Crippen LogP contribution in [0.1, 0.15) is 34.3 Å². The summed E-state index contributed by atoms with van der Waals surface area (Å²) in [7, 11) is 0. The van der Waals surface area contributed by atoms with Crippen LogP contribution in [0.15, 0.2) is 72.8 Å². The number of nitrogens with one attached hydrogen (secondary N) is 2. The van der Waals surface area contributed by atoms with Crippen molar-refractivity contribution >= 4 is 17.8 Å². The number of alkyl halides is 3. The van der Waals surface area contributed by atoms with E-state index in [0.717, 1.165) is 17.2 Å². The van der Waals surface area contributed by atoms with Gasteiger partial charge in [-0.3, -0.25) is 19.7 Å². The lowest BCUT2D eigenvalue weighted by atomic mass is 10.0. The quantitative estimate of drug-likeness (QED) is 0.366. The van der Waals surface area contributed by atoms with Crippen molar-refractivity contribution in [2.45, 2.75) is 31.6 Å². The Morgan fingerprint density at radius 2 is 1.53 bits per heavy atom. The van der Waals surface area contributed by atoms with E-state index in [2.05, 4.69) is 10.6 Å². The monoisotopic (exact) mass is 502 g/mol. The lowest BCUT2D eigenvalue weighted by Crippen LogP contribution is -2.38. The molecule has 3 rings (SSSR count). The van der Waals surface area contributed by atoms with Crippen LogP contribution in [0.3, 0.4) is 0 Å². The molecule has 0 fully saturated rings. The van der Waals surface area contributed by atoms with Crippen LogP contribution in [-0.2, 0) is 22.3 Å². The number of carbonyl (C=O) groups is 3.